The van der Waals surface area contributed by atoms with Gasteiger partial charge in [0.2, 0.25) is 0 Å². The first-order valence-corrected chi connectivity index (χ1v) is 10.5. The number of hydrogen-bond acceptors (Lipinski definition) is 7. The first-order valence-electron chi connectivity index (χ1n) is 10.5. The second kappa shape index (κ2) is 9.07. The van der Waals surface area contributed by atoms with Crippen LogP contribution in [-0.2, 0) is 9.53 Å². The molecule has 0 saturated carbocycles. The summed E-state index contributed by atoms with van der Waals surface area (Å²) in [5.41, 5.74) is -0.591. The van der Waals surface area contributed by atoms with E-state index in [1.165, 1.54) is 29.4 Å². The van der Waals surface area contributed by atoms with Crippen LogP contribution in [0.3, 0.4) is 0 Å². The molecule has 1 aromatic carbocycles. The molecule has 3 heterocycles. The monoisotopic (exact) mass is 466 g/mol. The highest BCUT2D eigenvalue weighted by atomic mass is 19.4. The van der Waals surface area contributed by atoms with Gasteiger partial charge in [-0.25, -0.2) is 4.39 Å². The van der Waals surface area contributed by atoms with Crippen molar-refractivity contribution in [3.63, 3.8) is 0 Å². The number of alkyl halides is 4. The molecule has 2 aliphatic rings. The van der Waals surface area contributed by atoms with E-state index in [9.17, 15) is 27.6 Å². The fourth-order valence-electron chi connectivity index (χ4n) is 4.08. The molecule has 0 spiro atoms. The van der Waals surface area contributed by atoms with Gasteiger partial charge in [-0.1, -0.05) is 0 Å². The SMILES string of the molecule is N#Cc1ccc(N2C[C@@H](C(F)(F)F)O[C@@H](C(=O)NCC3(F)CCNCC3)C2)c2nccnc12. The zero-order chi connectivity index (χ0) is 23.6. The lowest BCUT2D eigenvalue weighted by atomic mass is 9.94. The topological polar surface area (TPSA) is 103 Å². The van der Waals surface area contributed by atoms with Gasteiger partial charge in [-0.05, 0) is 38.1 Å². The number of nitriles is 1. The van der Waals surface area contributed by atoms with E-state index in [0.29, 0.717) is 18.8 Å². The lowest BCUT2D eigenvalue weighted by Crippen LogP contribution is -2.58. The number of carbonyl (C=O) groups excluding carboxylic acids is 1. The van der Waals surface area contributed by atoms with Gasteiger partial charge in [0.05, 0.1) is 30.9 Å². The van der Waals surface area contributed by atoms with Crippen molar-refractivity contribution in [2.45, 2.75) is 36.9 Å². The fraction of sp³-hybridized carbons (Fsp3) is 0.524. The molecule has 2 aromatic rings. The Morgan fingerprint density at radius 1 is 1.24 bits per heavy atom. The van der Waals surface area contributed by atoms with Crippen molar-refractivity contribution < 1.29 is 27.1 Å². The number of halogens is 4. The van der Waals surface area contributed by atoms with E-state index < -0.39 is 36.5 Å². The van der Waals surface area contributed by atoms with Gasteiger partial charge in [0.25, 0.3) is 5.91 Å². The molecular formula is C21H22F4N6O2. The van der Waals surface area contributed by atoms with E-state index in [1.54, 1.807) is 0 Å². The van der Waals surface area contributed by atoms with Crippen molar-refractivity contribution in [3.05, 3.63) is 30.1 Å². The summed E-state index contributed by atoms with van der Waals surface area (Å²) in [5, 5.41) is 14.8. The first kappa shape index (κ1) is 23.1. The minimum atomic E-state index is -4.72. The molecule has 176 valence electrons. The van der Waals surface area contributed by atoms with E-state index in [0.717, 1.165) is 0 Å². The Morgan fingerprint density at radius 3 is 2.61 bits per heavy atom. The number of aromatic nitrogens is 2. The predicted molar refractivity (Wildman–Crippen MR) is 110 cm³/mol. The van der Waals surface area contributed by atoms with Gasteiger partial charge in [0.15, 0.2) is 12.2 Å². The summed E-state index contributed by atoms with van der Waals surface area (Å²) in [7, 11) is 0. The maximum atomic E-state index is 14.8. The van der Waals surface area contributed by atoms with Crippen LogP contribution in [0.2, 0.25) is 0 Å². The van der Waals surface area contributed by atoms with Crippen LogP contribution in [0.15, 0.2) is 24.5 Å². The van der Waals surface area contributed by atoms with Gasteiger partial charge >= 0.3 is 6.18 Å². The highest BCUT2D eigenvalue weighted by Gasteiger charge is 2.48. The van der Waals surface area contributed by atoms with Crippen molar-refractivity contribution in [1.29, 1.82) is 5.26 Å². The van der Waals surface area contributed by atoms with Crippen LogP contribution in [-0.4, -0.2) is 72.7 Å². The Hall–Kier alpha value is -3.04. The molecule has 4 rings (SSSR count). The molecule has 2 fully saturated rings. The number of ether oxygens (including phenoxy) is 1. The Bertz CT molecular complexity index is 1070. The molecule has 1 amide bonds. The summed E-state index contributed by atoms with van der Waals surface area (Å²) in [6.45, 7) is -0.137. The maximum absolute atomic E-state index is 14.8. The third kappa shape index (κ3) is 4.99. The number of anilines is 1. The summed E-state index contributed by atoms with van der Waals surface area (Å²) < 4.78 is 60.8. The summed E-state index contributed by atoms with van der Waals surface area (Å²) >= 11 is 0. The lowest BCUT2D eigenvalue weighted by Gasteiger charge is -2.39. The van der Waals surface area contributed by atoms with E-state index in [1.807, 2.05) is 6.07 Å². The largest absolute Gasteiger partial charge is 0.416 e. The number of fused-ring (bicyclic) bond motifs is 1. The average molecular weight is 466 g/mol. The molecule has 0 radical (unpaired) electrons. The number of nitrogens with zero attached hydrogens (tertiary/aromatic N) is 4. The smallest absolute Gasteiger partial charge is 0.364 e. The lowest BCUT2D eigenvalue weighted by molar-refractivity contribution is -0.234. The molecule has 0 unspecified atom stereocenters. The van der Waals surface area contributed by atoms with E-state index in [4.69, 9.17) is 4.74 Å². The van der Waals surface area contributed by atoms with Crippen LogP contribution in [0.1, 0.15) is 18.4 Å². The number of benzene rings is 1. The zero-order valence-electron chi connectivity index (χ0n) is 17.5. The summed E-state index contributed by atoms with van der Waals surface area (Å²) in [5.74, 6) is -0.812. The van der Waals surface area contributed by atoms with Crippen LogP contribution in [0.5, 0.6) is 0 Å². The average Bonchev–Trinajstić information content (AvgIpc) is 2.81. The van der Waals surface area contributed by atoms with Crippen molar-refractivity contribution in [1.82, 2.24) is 20.6 Å². The highest BCUT2D eigenvalue weighted by molar-refractivity contribution is 5.92. The molecule has 8 nitrogen and oxygen atoms in total. The molecule has 2 N–H and O–H groups in total. The number of nitrogens with one attached hydrogen (secondary N) is 2. The summed E-state index contributed by atoms with van der Waals surface area (Å²) in [4.78, 5) is 22.4. The normalized spacial score (nSPS) is 23.2. The van der Waals surface area contributed by atoms with Crippen molar-refractivity contribution in [3.8, 4) is 6.07 Å². The van der Waals surface area contributed by atoms with Crippen LogP contribution < -0.4 is 15.5 Å². The molecule has 1 aromatic heterocycles. The Kier molecular flexibility index (Phi) is 6.36. The van der Waals surface area contributed by atoms with Crippen LogP contribution >= 0.6 is 0 Å². The first-order chi connectivity index (χ1) is 15.7. The molecule has 2 atom stereocenters. The van der Waals surface area contributed by atoms with Crippen LogP contribution in [0.4, 0.5) is 23.2 Å². The van der Waals surface area contributed by atoms with E-state index in [2.05, 4.69) is 20.6 Å². The Morgan fingerprint density at radius 2 is 1.94 bits per heavy atom. The minimum absolute atomic E-state index is 0.198. The van der Waals surface area contributed by atoms with Crippen LogP contribution in [0, 0.1) is 11.3 Å². The quantitative estimate of drug-likeness (QED) is 0.663. The molecule has 2 aliphatic heterocycles. The van der Waals surface area contributed by atoms with E-state index >= 15 is 0 Å². The van der Waals surface area contributed by atoms with Crippen molar-refractivity contribution >= 4 is 22.6 Å². The fourth-order valence-corrected chi connectivity index (χ4v) is 4.08. The minimum Gasteiger partial charge on any atom is -0.364 e. The number of morpholine rings is 1. The number of carbonyl (C=O) groups is 1. The molecule has 33 heavy (non-hydrogen) atoms. The van der Waals surface area contributed by atoms with E-state index in [-0.39, 0.29) is 42.5 Å². The number of piperidine rings is 1. The number of amides is 1. The molecule has 12 heteroatoms. The highest BCUT2D eigenvalue weighted by Crippen LogP contribution is 2.33. The van der Waals surface area contributed by atoms with Crippen molar-refractivity contribution in [2.24, 2.45) is 0 Å². The van der Waals surface area contributed by atoms with Gasteiger partial charge in [-0.15, -0.1) is 0 Å². The second-order valence-electron chi connectivity index (χ2n) is 8.18. The third-order valence-electron chi connectivity index (χ3n) is 5.90. The molecular weight excluding hydrogens is 444 g/mol. The summed E-state index contributed by atoms with van der Waals surface area (Å²) in [6.07, 6.45) is -5.27. The van der Waals surface area contributed by atoms with Crippen molar-refractivity contribution in [2.75, 3.05) is 37.6 Å². The second-order valence-corrected chi connectivity index (χ2v) is 8.18. The zero-order valence-corrected chi connectivity index (χ0v) is 17.5. The number of rotatable bonds is 4. The van der Waals surface area contributed by atoms with Gasteiger partial charge < -0.3 is 20.3 Å². The van der Waals surface area contributed by atoms with Gasteiger partial charge in [0, 0.05) is 12.4 Å². The summed E-state index contributed by atoms with van der Waals surface area (Å²) in [6, 6.07) is 4.91. The van der Waals surface area contributed by atoms with Gasteiger partial charge in [-0.2, -0.15) is 18.4 Å². The standard InChI is InChI=1S/C21H22F4N6O2/c22-20(3-5-27-6-4-20)12-30-19(32)15-10-31(11-16(33-15)21(23,24)25)14-2-1-13(9-26)17-18(14)29-8-7-28-17/h1-2,7-8,15-16,27H,3-6,10-12H2,(H,30,32)/t15-,16+/m1/s1. The van der Waals surface area contributed by atoms with Crippen LogP contribution in [0.25, 0.3) is 11.0 Å². The Labute approximate surface area is 186 Å². The molecule has 0 bridgehead atoms. The number of hydrogen-bond donors (Lipinski definition) is 2. The van der Waals surface area contributed by atoms with Gasteiger partial charge in [-0.3, -0.25) is 14.8 Å². The van der Waals surface area contributed by atoms with Gasteiger partial charge in [0.1, 0.15) is 22.8 Å². The Balaban J connectivity index is 1.59. The predicted octanol–water partition coefficient (Wildman–Crippen LogP) is 1.85. The third-order valence-corrected chi connectivity index (χ3v) is 5.90. The molecule has 0 aliphatic carbocycles. The molecule has 2 saturated heterocycles. The maximum Gasteiger partial charge on any atom is 0.416 e.